The van der Waals surface area contributed by atoms with Crippen LogP contribution in [-0.2, 0) is 13.1 Å². The van der Waals surface area contributed by atoms with Crippen LogP contribution in [-0.4, -0.2) is 31.6 Å². The molecule has 3 N–H and O–H groups in total. The molecule has 1 fully saturated rings. The summed E-state index contributed by atoms with van der Waals surface area (Å²) >= 11 is 0. The molecule has 1 aliphatic carbocycles. The van der Waals surface area contributed by atoms with E-state index in [9.17, 15) is 4.79 Å². The van der Waals surface area contributed by atoms with Gasteiger partial charge in [-0.15, -0.1) is 24.0 Å². The van der Waals surface area contributed by atoms with Gasteiger partial charge in [0.25, 0.3) is 5.91 Å². The molecule has 0 bridgehead atoms. The second kappa shape index (κ2) is 13.3. The first-order valence-electron chi connectivity index (χ1n) is 11.2. The van der Waals surface area contributed by atoms with Gasteiger partial charge >= 0.3 is 0 Å². The van der Waals surface area contributed by atoms with Crippen LogP contribution in [0, 0.1) is 6.92 Å². The van der Waals surface area contributed by atoms with Crippen molar-refractivity contribution >= 4 is 35.8 Å². The van der Waals surface area contributed by atoms with Gasteiger partial charge in [0, 0.05) is 37.8 Å². The lowest BCUT2D eigenvalue weighted by atomic mass is 10.1. The van der Waals surface area contributed by atoms with Crippen molar-refractivity contribution in [2.24, 2.45) is 4.99 Å². The highest BCUT2D eigenvalue weighted by Gasteiger charge is 2.18. The fourth-order valence-electron chi connectivity index (χ4n) is 3.77. The highest BCUT2D eigenvalue weighted by atomic mass is 127. The summed E-state index contributed by atoms with van der Waals surface area (Å²) in [6.07, 6.45) is 5.11. The van der Waals surface area contributed by atoms with Crippen LogP contribution in [0.2, 0.25) is 0 Å². The third kappa shape index (κ3) is 7.69. The fraction of sp³-hybridized carbons (Fsp3) is 0.440. The van der Waals surface area contributed by atoms with Crippen LogP contribution in [0.5, 0.6) is 5.75 Å². The van der Waals surface area contributed by atoms with Gasteiger partial charge in [0.15, 0.2) is 5.96 Å². The monoisotopic (exact) mass is 550 g/mol. The number of rotatable bonds is 8. The van der Waals surface area contributed by atoms with Crippen LogP contribution in [0.3, 0.4) is 0 Å². The van der Waals surface area contributed by atoms with Crippen LogP contribution >= 0.6 is 24.0 Å². The third-order valence-corrected chi connectivity index (χ3v) is 5.47. The van der Waals surface area contributed by atoms with E-state index in [2.05, 4.69) is 46.1 Å². The summed E-state index contributed by atoms with van der Waals surface area (Å²) in [5.41, 5.74) is 4.01. The minimum absolute atomic E-state index is 0. The first kappa shape index (κ1) is 26.0. The number of carbonyl (C=O) groups is 1. The number of carbonyl (C=O) groups excluding carboxylic acids is 1. The molecule has 1 saturated carbocycles. The standard InChI is InChI=1S/C25H34N4O2.HI/c1-4-27-24(30)20-9-7-8-19(15-20)16-28-25(26-3)29-17-21-13-12-18(2)14-23(21)31-22-10-5-6-11-22;/h7-9,12-15,22H,4-6,10-11,16-17H2,1-3H3,(H,27,30)(H2,26,28,29);1H. The molecule has 3 rings (SSSR count). The summed E-state index contributed by atoms with van der Waals surface area (Å²) in [7, 11) is 1.76. The quantitative estimate of drug-likeness (QED) is 0.256. The molecule has 1 amide bonds. The minimum Gasteiger partial charge on any atom is -0.490 e. The molecule has 2 aromatic carbocycles. The van der Waals surface area contributed by atoms with Crippen molar-refractivity contribution in [3.05, 3.63) is 64.7 Å². The average Bonchev–Trinajstić information content (AvgIpc) is 3.28. The topological polar surface area (TPSA) is 74.8 Å². The zero-order chi connectivity index (χ0) is 22.1. The number of benzene rings is 2. The lowest BCUT2D eigenvalue weighted by molar-refractivity contribution is 0.0955. The molecule has 0 atom stereocenters. The molecule has 32 heavy (non-hydrogen) atoms. The van der Waals surface area contributed by atoms with Crippen molar-refractivity contribution in [3.63, 3.8) is 0 Å². The Hall–Kier alpha value is -2.29. The van der Waals surface area contributed by atoms with E-state index in [0.717, 1.165) is 29.7 Å². The van der Waals surface area contributed by atoms with Gasteiger partial charge in [-0.25, -0.2) is 0 Å². The molecule has 1 aliphatic rings. The van der Waals surface area contributed by atoms with E-state index in [1.807, 2.05) is 31.2 Å². The second-order valence-corrected chi connectivity index (χ2v) is 7.97. The first-order valence-corrected chi connectivity index (χ1v) is 11.2. The Bertz CT molecular complexity index is 911. The van der Waals surface area contributed by atoms with Gasteiger partial charge in [0.2, 0.25) is 0 Å². The second-order valence-electron chi connectivity index (χ2n) is 7.97. The number of halogens is 1. The SMILES string of the molecule is CCNC(=O)c1cccc(CNC(=NC)NCc2ccc(C)cc2OC2CCCC2)c1.I. The van der Waals surface area contributed by atoms with Crippen molar-refractivity contribution in [1.82, 2.24) is 16.0 Å². The van der Waals surface area contributed by atoms with E-state index in [4.69, 9.17) is 4.74 Å². The van der Waals surface area contributed by atoms with Crippen molar-refractivity contribution in [2.45, 2.75) is 58.7 Å². The summed E-state index contributed by atoms with van der Waals surface area (Å²) in [6, 6.07) is 14.0. The minimum atomic E-state index is -0.0546. The summed E-state index contributed by atoms with van der Waals surface area (Å²) < 4.78 is 6.30. The molecule has 0 unspecified atom stereocenters. The number of hydrogen-bond donors (Lipinski definition) is 3. The van der Waals surface area contributed by atoms with Crippen LogP contribution in [0.15, 0.2) is 47.5 Å². The van der Waals surface area contributed by atoms with Gasteiger partial charge < -0.3 is 20.7 Å². The Morgan fingerprint density at radius 2 is 1.81 bits per heavy atom. The van der Waals surface area contributed by atoms with Crippen molar-refractivity contribution in [2.75, 3.05) is 13.6 Å². The van der Waals surface area contributed by atoms with E-state index in [1.54, 1.807) is 7.05 Å². The Labute approximate surface area is 208 Å². The molecule has 7 heteroatoms. The first-order chi connectivity index (χ1) is 15.1. The predicted octanol–water partition coefficient (Wildman–Crippen LogP) is 4.55. The molecule has 6 nitrogen and oxygen atoms in total. The molecule has 0 spiro atoms. The van der Waals surface area contributed by atoms with E-state index >= 15 is 0 Å². The number of nitrogens with one attached hydrogen (secondary N) is 3. The zero-order valence-corrected chi connectivity index (χ0v) is 21.6. The van der Waals surface area contributed by atoms with Crippen LogP contribution in [0.4, 0.5) is 0 Å². The van der Waals surface area contributed by atoms with Crippen LogP contribution in [0.25, 0.3) is 0 Å². The van der Waals surface area contributed by atoms with Crippen molar-refractivity contribution < 1.29 is 9.53 Å². The molecule has 0 radical (unpaired) electrons. The smallest absolute Gasteiger partial charge is 0.251 e. The Kier molecular flexibility index (Phi) is 10.8. The third-order valence-electron chi connectivity index (χ3n) is 5.47. The van der Waals surface area contributed by atoms with Crippen molar-refractivity contribution in [1.29, 1.82) is 0 Å². The highest BCUT2D eigenvalue weighted by molar-refractivity contribution is 14.0. The number of aryl methyl sites for hydroxylation is 1. The molecule has 0 aliphatic heterocycles. The summed E-state index contributed by atoms with van der Waals surface area (Å²) in [5.74, 6) is 1.61. The van der Waals surface area contributed by atoms with Gasteiger partial charge in [0.05, 0.1) is 6.10 Å². The Morgan fingerprint density at radius 3 is 2.53 bits per heavy atom. The van der Waals surface area contributed by atoms with E-state index < -0.39 is 0 Å². The van der Waals surface area contributed by atoms with Crippen LogP contribution < -0.4 is 20.7 Å². The molecular weight excluding hydrogens is 515 g/mol. The van der Waals surface area contributed by atoms with E-state index in [-0.39, 0.29) is 29.9 Å². The van der Waals surface area contributed by atoms with Crippen molar-refractivity contribution in [3.8, 4) is 5.75 Å². The molecule has 0 heterocycles. The van der Waals surface area contributed by atoms with Gasteiger partial charge in [0.1, 0.15) is 5.75 Å². The zero-order valence-electron chi connectivity index (χ0n) is 19.2. The van der Waals surface area contributed by atoms with Gasteiger partial charge in [-0.05, 0) is 68.9 Å². The van der Waals surface area contributed by atoms with Crippen LogP contribution in [0.1, 0.15) is 59.7 Å². The lowest BCUT2D eigenvalue weighted by Crippen LogP contribution is -2.36. The Balaban J connectivity index is 0.00000363. The molecule has 174 valence electrons. The van der Waals surface area contributed by atoms with Gasteiger partial charge in [-0.3, -0.25) is 9.79 Å². The predicted molar refractivity (Wildman–Crippen MR) is 141 cm³/mol. The molecular formula is C25H35IN4O2. The molecule has 2 aromatic rings. The number of nitrogens with zero attached hydrogens (tertiary/aromatic N) is 1. The molecule has 0 aromatic heterocycles. The summed E-state index contributed by atoms with van der Waals surface area (Å²) in [4.78, 5) is 16.4. The molecule has 0 saturated heterocycles. The number of hydrogen-bond acceptors (Lipinski definition) is 3. The number of amides is 1. The Morgan fingerprint density at radius 1 is 1.06 bits per heavy atom. The fourth-order valence-corrected chi connectivity index (χ4v) is 3.77. The van der Waals surface area contributed by atoms with Gasteiger partial charge in [-0.2, -0.15) is 0 Å². The summed E-state index contributed by atoms with van der Waals surface area (Å²) in [6.45, 7) is 5.82. The summed E-state index contributed by atoms with van der Waals surface area (Å²) in [5, 5.41) is 9.53. The maximum Gasteiger partial charge on any atom is 0.251 e. The maximum absolute atomic E-state index is 12.1. The highest BCUT2D eigenvalue weighted by Crippen LogP contribution is 2.27. The number of ether oxygens (including phenoxy) is 1. The number of aliphatic imine (C=N–C) groups is 1. The van der Waals surface area contributed by atoms with E-state index in [0.29, 0.717) is 37.3 Å². The lowest BCUT2D eigenvalue weighted by Gasteiger charge is -2.18. The largest absolute Gasteiger partial charge is 0.490 e. The maximum atomic E-state index is 12.1. The normalized spacial score (nSPS) is 13.9. The van der Waals surface area contributed by atoms with Gasteiger partial charge in [-0.1, -0.05) is 24.3 Å². The van der Waals surface area contributed by atoms with E-state index in [1.165, 1.54) is 18.4 Å². The number of guanidine groups is 1. The average molecular weight is 550 g/mol.